The van der Waals surface area contributed by atoms with Crippen molar-refractivity contribution in [2.24, 2.45) is 0 Å². The fourth-order valence-electron chi connectivity index (χ4n) is 1.94. The lowest BCUT2D eigenvalue weighted by atomic mass is 10.1. The van der Waals surface area contributed by atoms with E-state index in [1.54, 1.807) is 14.2 Å². The summed E-state index contributed by atoms with van der Waals surface area (Å²) < 4.78 is 11.6. The third-order valence-electron chi connectivity index (χ3n) is 3.42. The second-order valence-corrected chi connectivity index (χ2v) is 5.53. The molecule has 0 aliphatic rings. The fraction of sp³-hybridized carbons (Fsp3) is 0.600. The van der Waals surface area contributed by atoms with Gasteiger partial charge >= 0.3 is 0 Å². The molecule has 0 radical (unpaired) electrons. The maximum atomic E-state index is 5.30. The number of rotatable bonds is 8. The minimum absolute atomic E-state index is 0.535. The summed E-state index contributed by atoms with van der Waals surface area (Å²) >= 11 is 3.61. The first-order valence-corrected chi connectivity index (χ1v) is 7.47. The molecule has 19 heavy (non-hydrogen) atoms. The molecule has 4 heteroatoms. The van der Waals surface area contributed by atoms with Crippen molar-refractivity contribution in [1.82, 2.24) is 4.90 Å². The normalized spacial score (nSPS) is 12.7. The summed E-state index contributed by atoms with van der Waals surface area (Å²) in [6, 6.07) is 6.63. The van der Waals surface area contributed by atoms with Gasteiger partial charge in [-0.2, -0.15) is 0 Å². The van der Waals surface area contributed by atoms with Gasteiger partial charge < -0.3 is 9.47 Å². The Labute approximate surface area is 125 Å². The van der Waals surface area contributed by atoms with E-state index in [0.29, 0.717) is 6.04 Å². The number of ether oxygens (including phenoxy) is 2. The van der Waals surface area contributed by atoms with Crippen molar-refractivity contribution in [2.75, 3.05) is 27.4 Å². The maximum absolute atomic E-state index is 5.30. The van der Waals surface area contributed by atoms with Gasteiger partial charge in [0.15, 0.2) is 0 Å². The van der Waals surface area contributed by atoms with Crippen LogP contribution in [-0.4, -0.2) is 38.3 Å². The smallest absolute Gasteiger partial charge is 0.119 e. The van der Waals surface area contributed by atoms with Crippen molar-refractivity contribution >= 4 is 15.9 Å². The number of halogens is 1. The molecule has 1 aromatic rings. The Morgan fingerprint density at radius 2 is 2.05 bits per heavy atom. The molecule has 0 N–H and O–H groups in total. The van der Waals surface area contributed by atoms with Crippen molar-refractivity contribution in [3.63, 3.8) is 0 Å². The van der Waals surface area contributed by atoms with Crippen LogP contribution < -0.4 is 4.74 Å². The minimum atomic E-state index is 0.535. The third-order valence-corrected chi connectivity index (χ3v) is 4.20. The summed E-state index contributed by atoms with van der Waals surface area (Å²) in [7, 11) is 3.45. The number of hydrogen-bond acceptors (Lipinski definition) is 3. The van der Waals surface area contributed by atoms with E-state index in [1.807, 2.05) is 12.1 Å². The van der Waals surface area contributed by atoms with Gasteiger partial charge in [-0.3, -0.25) is 4.90 Å². The summed E-state index contributed by atoms with van der Waals surface area (Å²) in [5.74, 6) is 0.897. The highest BCUT2D eigenvalue weighted by Crippen LogP contribution is 2.24. The summed E-state index contributed by atoms with van der Waals surface area (Å²) in [5, 5.41) is 0. The highest BCUT2D eigenvalue weighted by atomic mass is 79.9. The zero-order valence-electron chi connectivity index (χ0n) is 12.3. The third kappa shape index (κ3) is 5.13. The van der Waals surface area contributed by atoms with Crippen molar-refractivity contribution in [3.05, 3.63) is 28.2 Å². The van der Waals surface area contributed by atoms with Gasteiger partial charge in [0.2, 0.25) is 0 Å². The monoisotopic (exact) mass is 329 g/mol. The van der Waals surface area contributed by atoms with Gasteiger partial charge in [0, 0.05) is 30.7 Å². The minimum Gasteiger partial charge on any atom is -0.497 e. The molecule has 0 spiro atoms. The Hall–Kier alpha value is -0.580. The predicted molar refractivity (Wildman–Crippen MR) is 82.7 cm³/mol. The molecular formula is C15H24BrNO2. The van der Waals surface area contributed by atoms with Crippen LogP contribution in [0.3, 0.4) is 0 Å². The first-order chi connectivity index (χ1) is 9.12. The van der Waals surface area contributed by atoms with Gasteiger partial charge in [-0.25, -0.2) is 0 Å². The summed E-state index contributed by atoms with van der Waals surface area (Å²) in [6.45, 7) is 7.06. The summed E-state index contributed by atoms with van der Waals surface area (Å²) in [6.07, 6.45) is 1.13. The van der Waals surface area contributed by atoms with E-state index in [-0.39, 0.29) is 0 Å². The van der Waals surface area contributed by atoms with Crippen LogP contribution >= 0.6 is 15.9 Å². The van der Waals surface area contributed by atoms with Crippen molar-refractivity contribution in [1.29, 1.82) is 0 Å². The molecule has 1 atom stereocenters. The highest BCUT2D eigenvalue weighted by molar-refractivity contribution is 9.10. The second-order valence-electron chi connectivity index (χ2n) is 4.68. The van der Waals surface area contributed by atoms with Crippen LogP contribution in [0.2, 0.25) is 0 Å². The molecule has 0 saturated carbocycles. The van der Waals surface area contributed by atoms with Crippen molar-refractivity contribution < 1.29 is 9.47 Å². The molecular weight excluding hydrogens is 306 g/mol. The lowest BCUT2D eigenvalue weighted by Gasteiger charge is -2.28. The van der Waals surface area contributed by atoms with Crippen LogP contribution in [0.25, 0.3) is 0 Å². The van der Waals surface area contributed by atoms with E-state index in [4.69, 9.17) is 9.47 Å². The topological polar surface area (TPSA) is 21.7 Å². The largest absolute Gasteiger partial charge is 0.497 e. The molecule has 0 aliphatic carbocycles. The number of nitrogens with zero attached hydrogens (tertiary/aromatic N) is 1. The lowest BCUT2D eigenvalue weighted by Crippen LogP contribution is -2.34. The summed E-state index contributed by atoms with van der Waals surface area (Å²) in [4.78, 5) is 2.43. The number of methoxy groups -OCH3 is 2. The Kier molecular flexibility index (Phi) is 7.42. The molecule has 1 rings (SSSR count). The molecule has 0 heterocycles. The molecule has 1 aromatic carbocycles. The first-order valence-electron chi connectivity index (χ1n) is 6.67. The zero-order valence-corrected chi connectivity index (χ0v) is 13.9. The van der Waals surface area contributed by atoms with E-state index in [9.17, 15) is 0 Å². The van der Waals surface area contributed by atoms with Gasteiger partial charge in [0.05, 0.1) is 13.7 Å². The SMILES string of the molecule is CCC(C)N(CCOC)Cc1cc(OC)ccc1Br. The van der Waals surface area contributed by atoms with Gasteiger partial charge in [-0.15, -0.1) is 0 Å². The van der Waals surface area contributed by atoms with E-state index >= 15 is 0 Å². The van der Waals surface area contributed by atoms with E-state index in [0.717, 1.165) is 36.3 Å². The van der Waals surface area contributed by atoms with E-state index < -0.39 is 0 Å². The Morgan fingerprint density at radius 1 is 1.32 bits per heavy atom. The molecule has 0 amide bonds. The van der Waals surface area contributed by atoms with Crippen molar-refractivity contribution in [2.45, 2.75) is 32.9 Å². The van der Waals surface area contributed by atoms with Gasteiger partial charge in [-0.1, -0.05) is 22.9 Å². The van der Waals surface area contributed by atoms with Crippen LogP contribution in [0.4, 0.5) is 0 Å². The Balaban J connectivity index is 2.82. The molecule has 0 aromatic heterocycles. The molecule has 3 nitrogen and oxygen atoms in total. The molecule has 1 unspecified atom stereocenters. The van der Waals surface area contributed by atoms with E-state index in [2.05, 4.69) is 40.7 Å². The van der Waals surface area contributed by atoms with Crippen LogP contribution in [0.15, 0.2) is 22.7 Å². The molecule has 108 valence electrons. The first kappa shape index (κ1) is 16.5. The van der Waals surface area contributed by atoms with Crippen LogP contribution in [0.5, 0.6) is 5.75 Å². The van der Waals surface area contributed by atoms with E-state index in [1.165, 1.54) is 5.56 Å². The fourth-order valence-corrected chi connectivity index (χ4v) is 2.31. The van der Waals surface area contributed by atoms with Crippen LogP contribution in [0, 0.1) is 0 Å². The van der Waals surface area contributed by atoms with Crippen LogP contribution in [0.1, 0.15) is 25.8 Å². The predicted octanol–water partition coefficient (Wildman–Crippen LogP) is 3.70. The number of benzene rings is 1. The molecule has 0 bridgehead atoms. The quantitative estimate of drug-likeness (QED) is 0.725. The summed E-state index contributed by atoms with van der Waals surface area (Å²) in [5.41, 5.74) is 1.25. The molecule has 0 aliphatic heterocycles. The van der Waals surface area contributed by atoms with Gasteiger partial charge in [-0.05, 0) is 37.1 Å². The zero-order chi connectivity index (χ0) is 14.3. The van der Waals surface area contributed by atoms with Gasteiger partial charge in [0.25, 0.3) is 0 Å². The average Bonchev–Trinajstić information content (AvgIpc) is 2.44. The number of hydrogen-bond donors (Lipinski definition) is 0. The van der Waals surface area contributed by atoms with Crippen molar-refractivity contribution in [3.8, 4) is 5.75 Å². The standard InChI is InChI=1S/C15H24BrNO2/c1-5-12(2)17(8-9-18-3)11-13-10-14(19-4)6-7-15(13)16/h6-7,10,12H,5,8-9,11H2,1-4H3. The second kappa shape index (κ2) is 8.56. The Bertz CT molecular complexity index is 384. The molecule has 0 fully saturated rings. The average molecular weight is 330 g/mol. The Morgan fingerprint density at radius 3 is 2.63 bits per heavy atom. The maximum Gasteiger partial charge on any atom is 0.119 e. The molecule has 0 saturated heterocycles. The van der Waals surface area contributed by atoms with Crippen LogP contribution in [-0.2, 0) is 11.3 Å². The highest BCUT2D eigenvalue weighted by Gasteiger charge is 2.14. The van der Waals surface area contributed by atoms with Gasteiger partial charge in [0.1, 0.15) is 5.75 Å². The lowest BCUT2D eigenvalue weighted by molar-refractivity contribution is 0.118.